The van der Waals surface area contributed by atoms with E-state index < -0.39 is 18.3 Å². The maximum atomic E-state index is 11.2. The van der Waals surface area contributed by atoms with Crippen molar-refractivity contribution in [2.24, 2.45) is 0 Å². The van der Waals surface area contributed by atoms with E-state index in [0.29, 0.717) is 64.9 Å². The monoisotopic (exact) mass is 915 g/mol. The summed E-state index contributed by atoms with van der Waals surface area (Å²) in [5.74, 6) is 0. The number of hydrogen-bond acceptors (Lipinski definition) is 18. The van der Waals surface area contributed by atoms with E-state index in [4.69, 9.17) is 4.74 Å². The van der Waals surface area contributed by atoms with Crippen molar-refractivity contribution in [3.05, 3.63) is 74.4 Å². The van der Waals surface area contributed by atoms with E-state index in [0.717, 1.165) is 13.0 Å². The predicted octanol–water partition coefficient (Wildman–Crippen LogP) is 1.48. The van der Waals surface area contributed by atoms with Crippen molar-refractivity contribution < 1.29 is 30.3 Å². The van der Waals surface area contributed by atoms with Crippen molar-refractivity contribution >= 4 is 0 Å². The number of β-amino-alcohol motifs (C(OH)–C–C–N with tert-alkyl or cyclic N) is 5. The van der Waals surface area contributed by atoms with Gasteiger partial charge in [-0.15, -0.1) is 0 Å². The topological polar surface area (TPSA) is 149 Å². The molecule has 0 fully saturated rings. The first-order valence-electron chi connectivity index (χ1n) is 24.0. The van der Waals surface area contributed by atoms with E-state index in [9.17, 15) is 25.5 Å². The predicted molar refractivity (Wildman–Crippen MR) is 256 cm³/mol. The lowest BCUT2D eigenvalue weighted by Gasteiger charge is -2.37. The number of aliphatic hydroxyl groups excluding tert-OH is 5. The van der Waals surface area contributed by atoms with Crippen LogP contribution in [0, 0.1) is 0 Å². The summed E-state index contributed by atoms with van der Waals surface area (Å²) in [6.45, 7) is 21.9. The van der Waals surface area contributed by atoms with Gasteiger partial charge in [0.1, 0.15) is 0 Å². The van der Waals surface area contributed by atoms with Gasteiger partial charge in [-0.05, 0) is 54.4 Å². The molecule has 0 bridgehead atoms. The van der Waals surface area contributed by atoms with Gasteiger partial charge in [0.2, 0.25) is 0 Å². The minimum absolute atomic E-state index is 0.00751. The van der Waals surface area contributed by atoms with Crippen LogP contribution in [-0.2, 0) is 4.74 Å². The first kappa shape index (κ1) is 51.8. The molecule has 6 heterocycles. The van der Waals surface area contributed by atoms with Crippen molar-refractivity contribution in [2.75, 3.05) is 86.7 Å². The van der Waals surface area contributed by atoms with Crippen LogP contribution in [-0.4, -0.2) is 245 Å². The summed E-state index contributed by atoms with van der Waals surface area (Å²) in [7, 11) is 6.11. The van der Waals surface area contributed by atoms with Crippen LogP contribution >= 0.6 is 0 Å². The normalized spacial score (nSPS) is 27.7. The Bertz CT molecular complexity index is 1620. The molecule has 0 aromatic carbocycles. The molecule has 65 heavy (non-hydrogen) atoms. The zero-order chi connectivity index (χ0) is 47.5. The van der Waals surface area contributed by atoms with Gasteiger partial charge in [0, 0.05) is 154 Å². The fourth-order valence-electron chi connectivity index (χ4n) is 8.79. The third-order valence-corrected chi connectivity index (χ3v) is 14.2. The van der Waals surface area contributed by atoms with Crippen LogP contribution in [0.5, 0.6) is 0 Å². The quantitative estimate of drug-likeness (QED) is 0.101. The van der Waals surface area contributed by atoms with Crippen LogP contribution in [0.25, 0.3) is 0 Å². The molecule has 0 aliphatic carbocycles. The summed E-state index contributed by atoms with van der Waals surface area (Å²) in [5, 5.41) is 52.9. The molecular formula is C47H86N12O6. The average Bonchev–Trinajstić information content (AvgIpc) is 4.12. The lowest BCUT2D eigenvalue weighted by Crippen LogP contribution is -2.49. The van der Waals surface area contributed by atoms with Crippen molar-refractivity contribution in [3.8, 4) is 0 Å². The van der Waals surface area contributed by atoms with Crippen LogP contribution in [0.4, 0.5) is 0 Å². The summed E-state index contributed by atoms with van der Waals surface area (Å²) in [6.07, 6.45) is 24.2. The molecule has 6 rings (SSSR count). The number of rotatable bonds is 23. The van der Waals surface area contributed by atoms with Crippen molar-refractivity contribution in [2.45, 2.75) is 142 Å². The van der Waals surface area contributed by atoms with E-state index in [1.165, 1.54) is 0 Å². The summed E-state index contributed by atoms with van der Waals surface area (Å²) >= 11 is 0. The zero-order valence-electron chi connectivity index (χ0n) is 41.4. The molecular weight excluding hydrogens is 829 g/mol. The van der Waals surface area contributed by atoms with Gasteiger partial charge in [-0.3, -0.25) is 0 Å². The fraction of sp³-hybridized carbons (Fsp3) is 0.745. The maximum absolute atomic E-state index is 11.2. The number of ether oxygens (including phenoxy) is 1. The van der Waals surface area contributed by atoms with Crippen LogP contribution in [0.1, 0.15) is 68.2 Å². The summed E-state index contributed by atoms with van der Waals surface area (Å²) in [5.41, 5.74) is 0. The van der Waals surface area contributed by atoms with Gasteiger partial charge in [-0.25, -0.2) is 0 Å². The van der Waals surface area contributed by atoms with Gasteiger partial charge in [-0.2, -0.15) is 0 Å². The number of aliphatic hydroxyl groups is 5. The van der Waals surface area contributed by atoms with Crippen LogP contribution in [0.15, 0.2) is 74.4 Å². The fourth-order valence-corrected chi connectivity index (χ4v) is 8.79. The Morgan fingerprint density at radius 2 is 0.569 bits per heavy atom. The Balaban J connectivity index is 0.000000572. The van der Waals surface area contributed by atoms with Crippen LogP contribution in [0.3, 0.4) is 0 Å². The number of nitrogens with zero attached hydrogens (tertiary/aromatic N) is 12. The second-order valence-corrected chi connectivity index (χ2v) is 18.9. The first-order chi connectivity index (χ1) is 30.9. The SMILES string of the molecule is CCC(O)CN1C=CN(C)C1C.CCC(O)CN1C=CN(CC(CN2C=CN(CC(O)CN3C=CN(C)C3C)C2C)OCC(O)CN2C=CN(CC(O)CN3C=CN(C)C3C)C2C)C1C. The van der Waals surface area contributed by atoms with Crippen LogP contribution in [0.2, 0.25) is 0 Å². The summed E-state index contributed by atoms with van der Waals surface area (Å²) in [6, 6.07) is 0. The lowest BCUT2D eigenvalue weighted by molar-refractivity contribution is -0.0496. The molecule has 370 valence electrons. The molecule has 18 nitrogen and oxygen atoms in total. The smallest absolute Gasteiger partial charge is 0.0980 e. The first-order valence-corrected chi connectivity index (χ1v) is 24.0. The molecule has 6 aliphatic heterocycles. The van der Waals surface area contributed by atoms with E-state index in [1.54, 1.807) is 0 Å². The highest BCUT2D eigenvalue weighted by molar-refractivity contribution is 5.03. The van der Waals surface area contributed by atoms with Crippen LogP contribution < -0.4 is 0 Å². The Labute approximate surface area is 391 Å². The minimum atomic E-state index is -0.720. The van der Waals surface area contributed by atoms with Gasteiger partial charge < -0.3 is 89.1 Å². The van der Waals surface area contributed by atoms with Gasteiger partial charge in [0.05, 0.1) is 80.2 Å². The molecule has 0 aromatic rings. The highest BCUT2D eigenvalue weighted by Gasteiger charge is 2.33. The average molecular weight is 915 g/mol. The second-order valence-electron chi connectivity index (χ2n) is 18.9. The van der Waals surface area contributed by atoms with E-state index in [2.05, 4.69) is 113 Å². The third-order valence-electron chi connectivity index (χ3n) is 14.2. The maximum Gasteiger partial charge on any atom is 0.0980 e. The van der Waals surface area contributed by atoms with Gasteiger partial charge >= 0.3 is 0 Å². The Kier molecular flexibility index (Phi) is 19.1. The molecule has 6 aliphatic rings. The molecule has 12 unspecified atom stereocenters. The zero-order valence-corrected chi connectivity index (χ0v) is 41.4. The van der Waals surface area contributed by atoms with E-state index >= 15 is 0 Å². The standard InChI is InChI=1S/C38H68N10O5.C9H18N2O/c1-9-34(49)20-43-16-18-47(32(43)5)26-38(27-48-19-17-45(33(48)6)24-36(51)22-42-13-11-40(8)30(42)3)53-28-37(52)25-46-15-14-44(31(46)4)23-35(50)21-41-12-10-39(7)29(41)2;1-4-9(12)7-11-6-5-10(3)8(11)2/h10-19,29-38,49-52H,9,20-28H2,1-8H3;5-6,8-9,12H,4,7H2,1-3H3. The van der Waals surface area contributed by atoms with Crippen molar-refractivity contribution in [3.63, 3.8) is 0 Å². The highest BCUT2D eigenvalue weighted by atomic mass is 16.5. The van der Waals surface area contributed by atoms with E-state index in [1.807, 2.05) is 97.0 Å². The van der Waals surface area contributed by atoms with Gasteiger partial charge in [-0.1, -0.05) is 13.8 Å². The largest absolute Gasteiger partial charge is 0.391 e. The third kappa shape index (κ3) is 14.2. The molecule has 0 saturated carbocycles. The lowest BCUT2D eigenvalue weighted by atomic mass is 10.2. The van der Waals surface area contributed by atoms with E-state index in [-0.39, 0.29) is 55.7 Å². The molecule has 5 N–H and O–H groups in total. The van der Waals surface area contributed by atoms with Gasteiger partial charge in [0.25, 0.3) is 0 Å². The Morgan fingerprint density at radius 3 is 0.831 bits per heavy atom. The molecule has 0 saturated heterocycles. The highest BCUT2D eigenvalue weighted by Crippen LogP contribution is 2.23. The summed E-state index contributed by atoms with van der Waals surface area (Å²) in [4.78, 5) is 25.8. The van der Waals surface area contributed by atoms with Crippen molar-refractivity contribution in [1.82, 2.24) is 58.8 Å². The Morgan fingerprint density at radius 1 is 0.338 bits per heavy atom. The molecule has 0 radical (unpaired) electrons. The molecule has 12 atom stereocenters. The molecule has 18 heteroatoms. The number of hydrogen-bond donors (Lipinski definition) is 5. The Hall–Kier alpha value is -4.20. The molecule has 0 aromatic heterocycles. The minimum Gasteiger partial charge on any atom is -0.391 e. The van der Waals surface area contributed by atoms with Crippen molar-refractivity contribution in [1.29, 1.82) is 0 Å². The molecule has 0 amide bonds. The molecule has 0 spiro atoms. The summed E-state index contributed by atoms with van der Waals surface area (Å²) < 4.78 is 6.54. The second kappa shape index (κ2) is 24.0. The van der Waals surface area contributed by atoms with Gasteiger partial charge in [0.15, 0.2) is 0 Å².